The quantitative estimate of drug-likeness (QED) is 0.357. The van der Waals surface area contributed by atoms with Crippen LogP contribution < -0.4 is 10.1 Å². The van der Waals surface area contributed by atoms with Gasteiger partial charge >= 0.3 is 0 Å². The van der Waals surface area contributed by atoms with Gasteiger partial charge in [-0.1, -0.05) is 60.1 Å². The molecular formula is C25H20ClN3O2. The van der Waals surface area contributed by atoms with E-state index in [4.69, 9.17) is 20.8 Å². The molecule has 0 aliphatic heterocycles. The predicted octanol–water partition coefficient (Wildman–Crippen LogP) is 6.62. The lowest BCUT2D eigenvalue weighted by Crippen LogP contribution is -2.06. The molecule has 0 aliphatic rings. The van der Waals surface area contributed by atoms with Crippen LogP contribution in [0.25, 0.3) is 11.5 Å². The lowest BCUT2D eigenvalue weighted by molar-refractivity contribution is 0.306. The normalized spacial score (nSPS) is 11.5. The van der Waals surface area contributed by atoms with Crippen LogP contribution in [0.5, 0.6) is 5.75 Å². The van der Waals surface area contributed by atoms with Gasteiger partial charge in [0.25, 0.3) is 0 Å². The summed E-state index contributed by atoms with van der Waals surface area (Å²) in [6, 6.07) is 26.9. The summed E-state index contributed by atoms with van der Waals surface area (Å²) >= 11 is 6.17. The number of nitrogens with zero attached hydrogens (tertiary/aromatic N) is 2. The minimum atomic E-state index is -0.0327. The Morgan fingerprint density at radius 2 is 1.74 bits per heavy atom. The first kappa shape index (κ1) is 20.5. The Balaban J connectivity index is 1.47. The zero-order valence-corrected chi connectivity index (χ0v) is 17.6. The van der Waals surface area contributed by atoms with Gasteiger partial charge in [0.2, 0.25) is 17.5 Å². The van der Waals surface area contributed by atoms with E-state index in [1.54, 1.807) is 0 Å². The van der Waals surface area contributed by atoms with Gasteiger partial charge in [-0.25, -0.2) is 0 Å². The number of nitrogens with one attached hydrogen (secondary N) is 1. The van der Waals surface area contributed by atoms with Crippen molar-refractivity contribution >= 4 is 17.5 Å². The second-order valence-electron chi connectivity index (χ2n) is 6.99. The highest BCUT2D eigenvalue weighted by atomic mass is 35.5. The minimum Gasteiger partial charge on any atom is -0.489 e. The molecule has 5 nitrogen and oxygen atoms in total. The van der Waals surface area contributed by atoms with Crippen molar-refractivity contribution in [2.75, 3.05) is 5.32 Å². The molecule has 6 heteroatoms. The summed E-state index contributed by atoms with van der Waals surface area (Å²) in [5, 5.41) is 13.4. The highest BCUT2D eigenvalue weighted by Crippen LogP contribution is 2.29. The molecular weight excluding hydrogens is 410 g/mol. The Labute approximate surface area is 185 Å². The number of rotatable bonds is 7. The molecule has 3 aromatic carbocycles. The Morgan fingerprint density at radius 1 is 1.03 bits per heavy atom. The Hall–Kier alpha value is -3.75. The van der Waals surface area contributed by atoms with E-state index in [0.29, 0.717) is 29.2 Å². The molecule has 0 bridgehead atoms. The van der Waals surface area contributed by atoms with Gasteiger partial charge in [0.1, 0.15) is 18.4 Å². The maximum Gasteiger partial charge on any atom is 0.233 e. The Morgan fingerprint density at radius 3 is 2.45 bits per heavy atom. The monoisotopic (exact) mass is 429 g/mol. The second kappa shape index (κ2) is 9.38. The largest absolute Gasteiger partial charge is 0.489 e. The Bertz CT molecular complexity index is 1200. The molecule has 1 N–H and O–H groups in total. The van der Waals surface area contributed by atoms with E-state index in [9.17, 15) is 5.26 Å². The number of ether oxygens (including phenoxy) is 1. The van der Waals surface area contributed by atoms with Gasteiger partial charge in [0.15, 0.2) is 0 Å². The van der Waals surface area contributed by atoms with Crippen LogP contribution in [0.2, 0.25) is 5.02 Å². The third kappa shape index (κ3) is 4.88. The van der Waals surface area contributed by atoms with Crippen LogP contribution in [0.3, 0.4) is 0 Å². The minimum absolute atomic E-state index is 0.0327. The topological polar surface area (TPSA) is 71.1 Å². The molecule has 0 saturated carbocycles. The molecule has 0 aliphatic carbocycles. The SMILES string of the molecule is CC(Nc1oc(-c2ccc(OCc3ccccc3Cl)cc2)nc1C#N)c1ccccc1. The number of oxazole rings is 1. The molecule has 1 aromatic heterocycles. The number of benzene rings is 3. The first-order valence-electron chi connectivity index (χ1n) is 9.83. The molecule has 31 heavy (non-hydrogen) atoms. The van der Waals surface area contributed by atoms with Gasteiger partial charge in [0.05, 0.1) is 6.04 Å². The van der Waals surface area contributed by atoms with Crippen molar-refractivity contribution < 1.29 is 9.15 Å². The molecule has 0 spiro atoms. The average molecular weight is 430 g/mol. The standard InChI is InChI=1S/C25H20ClN3O2/c1-17(18-7-3-2-4-8-18)28-25-23(15-27)29-24(31-25)19-11-13-21(14-12-19)30-16-20-9-5-6-10-22(20)26/h2-14,17,28H,16H2,1H3. The fourth-order valence-electron chi connectivity index (χ4n) is 3.11. The molecule has 0 amide bonds. The molecule has 0 saturated heterocycles. The van der Waals surface area contributed by atoms with Crippen molar-refractivity contribution in [2.24, 2.45) is 0 Å². The second-order valence-corrected chi connectivity index (χ2v) is 7.40. The first-order chi connectivity index (χ1) is 15.1. The summed E-state index contributed by atoms with van der Waals surface area (Å²) in [5.41, 5.74) is 2.98. The van der Waals surface area contributed by atoms with Gasteiger partial charge < -0.3 is 14.5 Å². The number of aromatic nitrogens is 1. The van der Waals surface area contributed by atoms with Crippen LogP contribution in [0, 0.1) is 11.3 Å². The number of hydrogen-bond donors (Lipinski definition) is 1. The van der Waals surface area contributed by atoms with Crippen molar-refractivity contribution in [3.63, 3.8) is 0 Å². The van der Waals surface area contributed by atoms with Gasteiger partial charge in [-0.2, -0.15) is 10.2 Å². The fourth-order valence-corrected chi connectivity index (χ4v) is 3.30. The molecule has 0 fully saturated rings. The van der Waals surface area contributed by atoms with Crippen molar-refractivity contribution in [1.29, 1.82) is 5.26 Å². The zero-order valence-electron chi connectivity index (χ0n) is 16.9. The van der Waals surface area contributed by atoms with Crippen molar-refractivity contribution in [2.45, 2.75) is 19.6 Å². The van der Waals surface area contributed by atoms with E-state index < -0.39 is 0 Å². The van der Waals surface area contributed by atoms with E-state index in [0.717, 1.165) is 16.7 Å². The van der Waals surface area contributed by atoms with Gasteiger partial charge in [0, 0.05) is 16.1 Å². The molecule has 1 atom stereocenters. The van der Waals surface area contributed by atoms with Crippen molar-refractivity contribution in [3.05, 3.63) is 101 Å². The van der Waals surface area contributed by atoms with Crippen molar-refractivity contribution in [1.82, 2.24) is 4.98 Å². The molecule has 154 valence electrons. The van der Waals surface area contributed by atoms with Gasteiger partial charge in [-0.05, 0) is 42.8 Å². The summed E-state index contributed by atoms with van der Waals surface area (Å²) in [7, 11) is 0. The van der Waals surface area contributed by atoms with Crippen LogP contribution in [-0.4, -0.2) is 4.98 Å². The fraction of sp³-hybridized carbons (Fsp3) is 0.120. The van der Waals surface area contributed by atoms with Crippen LogP contribution in [0.1, 0.15) is 29.8 Å². The molecule has 4 rings (SSSR count). The number of hydrogen-bond acceptors (Lipinski definition) is 5. The maximum absolute atomic E-state index is 9.46. The van der Waals surface area contributed by atoms with Crippen molar-refractivity contribution in [3.8, 4) is 23.3 Å². The molecule has 1 unspecified atom stereocenters. The van der Waals surface area contributed by atoms with E-state index in [1.807, 2.05) is 85.8 Å². The van der Waals surface area contributed by atoms with Gasteiger partial charge in [-0.3, -0.25) is 0 Å². The van der Waals surface area contributed by atoms with Crippen LogP contribution >= 0.6 is 11.6 Å². The molecule has 0 radical (unpaired) electrons. The summed E-state index contributed by atoms with van der Waals surface area (Å²) in [4.78, 5) is 4.33. The van der Waals surface area contributed by atoms with Gasteiger partial charge in [-0.15, -0.1) is 0 Å². The van der Waals surface area contributed by atoms with Crippen LogP contribution in [0.15, 0.2) is 83.3 Å². The van der Waals surface area contributed by atoms with Crippen LogP contribution in [-0.2, 0) is 6.61 Å². The van der Waals surface area contributed by atoms with E-state index >= 15 is 0 Å². The van der Waals surface area contributed by atoms with E-state index in [2.05, 4.69) is 16.4 Å². The predicted molar refractivity (Wildman–Crippen MR) is 121 cm³/mol. The van der Waals surface area contributed by atoms with Crippen LogP contribution in [0.4, 0.5) is 5.88 Å². The van der Waals surface area contributed by atoms with E-state index in [-0.39, 0.29) is 11.7 Å². The molecule has 1 heterocycles. The average Bonchev–Trinajstić information content (AvgIpc) is 3.22. The third-order valence-electron chi connectivity index (χ3n) is 4.83. The summed E-state index contributed by atoms with van der Waals surface area (Å²) in [6.45, 7) is 2.38. The lowest BCUT2D eigenvalue weighted by atomic mass is 10.1. The van der Waals surface area contributed by atoms with E-state index in [1.165, 1.54) is 0 Å². The highest BCUT2D eigenvalue weighted by Gasteiger charge is 2.17. The number of halogens is 1. The number of anilines is 1. The zero-order chi connectivity index (χ0) is 21.6. The molecule has 4 aromatic rings. The third-order valence-corrected chi connectivity index (χ3v) is 5.20. The highest BCUT2D eigenvalue weighted by molar-refractivity contribution is 6.31. The lowest BCUT2D eigenvalue weighted by Gasteiger charge is -2.13. The Kier molecular flexibility index (Phi) is 6.21. The maximum atomic E-state index is 9.46. The summed E-state index contributed by atoms with van der Waals surface area (Å²) in [5.74, 6) is 1.43. The summed E-state index contributed by atoms with van der Waals surface area (Å²) < 4.78 is 11.7. The first-order valence-corrected chi connectivity index (χ1v) is 10.2. The summed E-state index contributed by atoms with van der Waals surface area (Å²) in [6.07, 6.45) is 0. The number of nitriles is 1. The smallest absolute Gasteiger partial charge is 0.233 e.